The molecule has 1 aliphatic carbocycles. The molecule has 1 aliphatic heterocycles. The summed E-state index contributed by atoms with van der Waals surface area (Å²) in [5, 5.41) is 6.98. The third-order valence-corrected chi connectivity index (χ3v) is 6.73. The second-order valence-corrected chi connectivity index (χ2v) is 8.48. The molecule has 0 atom stereocenters. The van der Waals surface area contributed by atoms with Crippen molar-refractivity contribution in [1.29, 1.82) is 0 Å². The van der Waals surface area contributed by atoms with Gasteiger partial charge in [-0.25, -0.2) is 0 Å². The van der Waals surface area contributed by atoms with E-state index >= 15 is 0 Å². The zero-order valence-electron chi connectivity index (χ0n) is 15.7. The summed E-state index contributed by atoms with van der Waals surface area (Å²) in [7, 11) is 1.85. The molecule has 0 aromatic heterocycles. The molecular formula is C20H32N4S. The van der Waals surface area contributed by atoms with E-state index < -0.39 is 0 Å². The number of benzene rings is 1. The highest BCUT2D eigenvalue weighted by molar-refractivity contribution is 7.99. The predicted octanol–water partition coefficient (Wildman–Crippen LogP) is 3.49. The first kappa shape index (κ1) is 18.4. The Hall–Kier alpha value is -1.36. The van der Waals surface area contributed by atoms with Crippen LogP contribution in [0.1, 0.15) is 38.2 Å². The minimum absolute atomic E-state index is 0.506. The van der Waals surface area contributed by atoms with E-state index in [0.717, 1.165) is 32.1 Å². The van der Waals surface area contributed by atoms with E-state index in [-0.39, 0.29) is 0 Å². The summed E-state index contributed by atoms with van der Waals surface area (Å²) < 4.78 is 0. The van der Waals surface area contributed by atoms with Gasteiger partial charge in [-0.05, 0) is 42.4 Å². The third kappa shape index (κ3) is 4.84. The summed E-state index contributed by atoms with van der Waals surface area (Å²) in [6.45, 7) is 6.49. The van der Waals surface area contributed by atoms with Crippen molar-refractivity contribution in [2.75, 3.05) is 43.1 Å². The Morgan fingerprint density at radius 2 is 1.88 bits per heavy atom. The molecule has 4 nitrogen and oxygen atoms in total. The van der Waals surface area contributed by atoms with Crippen molar-refractivity contribution < 1.29 is 0 Å². The number of nitrogens with one attached hydrogen (secondary N) is 2. The predicted molar refractivity (Wildman–Crippen MR) is 111 cm³/mol. The Morgan fingerprint density at radius 3 is 2.44 bits per heavy atom. The van der Waals surface area contributed by atoms with E-state index in [1.807, 2.05) is 7.05 Å². The van der Waals surface area contributed by atoms with Gasteiger partial charge in [0.2, 0.25) is 0 Å². The van der Waals surface area contributed by atoms with Gasteiger partial charge in [0.25, 0.3) is 0 Å². The van der Waals surface area contributed by atoms with Gasteiger partial charge in [-0.1, -0.05) is 25.5 Å². The lowest BCUT2D eigenvalue weighted by atomic mass is 9.67. The van der Waals surface area contributed by atoms with Crippen molar-refractivity contribution in [1.82, 2.24) is 10.6 Å². The highest BCUT2D eigenvalue weighted by atomic mass is 32.2. The van der Waals surface area contributed by atoms with Crippen LogP contribution in [-0.2, 0) is 6.54 Å². The first-order valence-electron chi connectivity index (χ1n) is 9.61. The van der Waals surface area contributed by atoms with Gasteiger partial charge < -0.3 is 15.5 Å². The largest absolute Gasteiger partial charge is 0.370 e. The fourth-order valence-corrected chi connectivity index (χ4v) is 4.56. The zero-order valence-corrected chi connectivity index (χ0v) is 16.5. The lowest BCUT2D eigenvalue weighted by Crippen LogP contribution is -2.46. The van der Waals surface area contributed by atoms with Crippen LogP contribution >= 0.6 is 11.8 Å². The van der Waals surface area contributed by atoms with Crippen LogP contribution in [-0.4, -0.2) is 44.1 Å². The molecule has 0 spiro atoms. The lowest BCUT2D eigenvalue weighted by Gasteiger charge is -2.41. The normalized spacial score (nSPS) is 20.1. The molecule has 0 bridgehead atoms. The second kappa shape index (κ2) is 8.84. The monoisotopic (exact) mass is 360 g/mol. The minimum Gasteiger partial charge on any atom is -0.370 e. The first-order valence-corrected chi connectivity index (χ1v) is 10.8. The molecular weight excluding hydrogens is 328 g/mol. The topological polar surface area (TPSA) is 39.7 Å². The van der Waals surface area contributed by atoms with Gasteiger partial charge in [0.15, 0.2) is 5.96 Å². The van der Waals surface area contributed by atoms with E-state index in [1.54, 1.807) is 0 Å². The molecule has 0 amide bonds. The molecule has 1 saturated heterocycles. The number of hydrogen-bond donors (Lipinski definition) is 2. The Balaban J connectivity index is 1.46. The van der Waals surface area contributed by atoms with Crippen LogP contribution in [0.3, 0.4) is 0 Å². The van der Waals surface area contributed by atoms with Crippen LogP contribution in [0, 0.1) is 5.41 Å². The maximum absolute atomic E-state index is 4.37. The average molecular weight is 361 g/mol. The molecule has 2 aliphatic rings. The number of hydrogen-bond acceptors (Lipinski definition) is 3. The van der Waals surface area contributed by atoms with Gasteiger partial charge in [-0.15, -0.1) is 0 Å². The standard InChI is InChI=1S/C20H32N4S/c1-3-20(9-4-10-20)16-23-19(21-2)22-15-17-5-7-18(8-6-17)24-11-13-25-14-12-24/h5-8H,3-4,9-16H2,1-2H3,(H2,21,22,23). The first-order chi connectivity index (χ1) is 12.2. The molecule has 1 heterocycles. The van der Waals surface area contributed by atoms with Crippen molar-refractivity contribution in [3.8, 4) is 0 Å². The number of aliphatic imine (C=N–C) groups is 1. The van der Waals surface area contributed by atoms with E-state index in [1.165, 1.54) is 48.4 Å². The number of guanidine groups is 1. The van der Waals surface area contributed by atoms with Crippen LogP contribution in [0.2, 0.25) is 0 Å². The van der Waals surface area contributed by atoms with E-state index in [2.05, 4.69) is 63.5 Å². The van der Waals surface area contributed by atoms with Crippen molar-refractivity contribution in [3.63, 3.8) is 0 Å². The molecule has 0 unspecified atom stereocenters. The molecule has 0 radical (unpaired) electrons. The molecule has 25 heavy (non-hydrogen) atoms. The summed E-state index contributed by atoms with van der Waals surface area (Å²) in [6.07, 6.45) is 5.34. The van der Waals surface area contributed by atoms with Crippen LogP contribution in [0.25, 0.3) is 0 Å². The fourth-order valence-electron chi connectivity index (χ4n) is 3.66. The van der Waals surface area contributed by atoms with Gasteiger partial charge in [-0.3, -0.25) is 4.99 Å². The molecule has 3 rings (SSSR count). The number of thioether (sulfide) groups is 1. The number of nitrogens with zero attached hydrogens (tertiary/aromatic N) is 2. The van der Waals surface area contributed by atoms with Crippen molar-refractivity contribution in [2.45, 2.75) is 39.2 Å². The summed E-state index contributed by atoms with van der Waals surface area (Å²) >= 11 is 2.05. The van der Waals surface area contributed by atoms with Gasteiger partial charge in [-0.2, -0.15) is 11.8 Å². The number of rotatable bonds is 6. The Labute approximate surface area is 156 Å². The van der Waals surface area contributed by atoms with Crippen LogP contribution < -0.4 is 15.5 Å². The molecule has 2 N–H and O–H groups in total. The van der Waals surface area contributed by atoms with Crippen LogP contribution in [0.15, 0.2) is 29.3 Å². The van der Waals surface area contributed by atoms with Gasteiger partial charge >= 0.3 is 0 Å². The molecule has 2 fully saturated rings. The smallest absolute Gasteiger partial charge is 0.191 e. The van der Waals surface area contributed by atoms with Crippen LogP contribution in [0.4, 0.5) is 5.69 Å². The lowest BCUT2D eigenvalue weighted by molar-refractivity contribution is 0.131. The highest BCUT2D eigenvalue weighted by Crippen LogP contribution is 2.42. The SMILES string of the molecule is CCC1(CNC(=NC)NCc2ccc(N3CCSCC3)cc2)CCC1. The zero-order chi connectivity index (χ0) is 17.5. The molecule has 1 aromatic carbocycles. The number of anilines is 1. The average Bonchev–Trinajstić information content (AvgIpc) is 2.65. The molecule has 5 heteroatoms. The maximum Gasteiger partial charge on any atom is 0.191 e. The van der Waals surface area contributed by atoms with E-state index in [0.29, 0.717) is 5.41 Å². The molecule has 1 saturated carbocycles. The Morgan fingerprint density at radius 1 is 1.16 bits per heavy atom. The molecule has 138 valence electrons. The van der Waals surface area contributed by atoms with Gasteiger partial charge in [0.05, 0.1) is 0 Å². The fraction of sp³-hybridized carbons (Fsp3) is 0.650. The van der Waals surface area contributed by atoms with E-state index in [9.17, 15) is 0 Å². The maximum atomic E-state index is 4.37. The van der Waals surface area contributed by atoms with Crippen LogP contribution in [0.5, 0.6) is 0 Å². The quantitative estimate of drug-likeness (QED) is 0.602. The van der Waals surface area contributed by atoms with Crippen molar-refractivity contribution in [3.05, 3.63) is 29.8 Å². The summed E-state index contributed by atoms with van der Waals surface area (Å²) in [5.74, 6) is 3.40. The summed E-state index contributed by atoms with van der Waals surface area (Å²) in [5.41, 5.74) is 3.15. The Kier molecular flexibility index (Phi) is 6.51. The van der Waals surface area contributed by atoms with Crippen molar-refractivity contribution >= 4 is 23.4 Å². The summed E-state index contributed by atoms with van der Waals surface area (Å²) in [6, 6.07) is 8.97. The Bertz CT molecular complexity index is 554. The minimum atomic E-state index is 0.506. The van der Waals surface area contributed by atoms with Gasteiger partial charge in [0.1, 0.15) is 0 Å². The summed E-state index contributed by atoms with van der Waals surface area (Å²) in [4.78, 5) is 6.86. The third-order valence-electron chi connectivity index (χ3n) is 5.79. The second-order valence-electron chi connectivity index (χ2n) is 7.25. The van der Waals surface area contributed by atoms with Gasteiger partial charge in [0, 0.05) is 50.4 Å². The molecule has 1 aromatic rings. The van der Waals surface area contributed by atoms with Crippen molar-refractivity contribution in [2.24, 2.45) is 10.4 Å². The highest BCUT2D eigenvalue weighted by Gasteiger charge is 2.34. The van der Waals surface area contributed by atoms with E-state index in [4.69, 9.17) is 0 Å².